The van der Waals surface area contributed by atoms with Crippen LogP contribution < -0.4 is 11.1 Å². The Morgan fingerprint density at radius 2 is 2.19 bits per heavy atom. The molecular weight excluding hydrogens is 230 g/mol. The van der Waals surface area contributed by atoms with Crippen LogP contribution in [0.2, 0.25) is 0 Å². The Hall–Kier alpha value is -1.96. The van der Waals surface area contributed by atoms with E-state index in [-0.39, 0.29) is 11.5 Å². The van der Waals surface area contributed by atoms with Crippen molar-refractivity contribution in [2.75, 3.05) is 11.1 Å². The van der Waals surface area contributed by atoms with E-state index in [4.69, 9.17) is 5.73 Å². The maximum atomic E-state index is 11.6. The van der Waals surface area contributed by atoms with Gasteiger partial charge < -0.3 is 5.73 Å². The molecule has 16 heavy (non-hydrogen) atoms. The highest BCUT2D eigenvalue weighted by Gasteiger charge is 2.17. The predicted molar refractivity (Wildman–Crippen MR) is 58.3 cm³/mol. The lowest BCUT2D eigenvalue weighted by molar-refractivity contribution is 0.101. The highest BCUT2D eigenvalue weighted by Crippen LogP contribution is 2.21. The Balaban J connectivity index is 2.17. The van der Waals surface area contributed by atoms with E-state index >= 15 is 0 Å². The van der Waals surface area contributed by atoms with Crippen LogP contribution >= 0.6 is 11.3 Å². The zero-order chi connectivity index (χ0) is 11.7. The topological polar surface area (TPSA) is 107 Å². The first-order valence-corrected chi connectivity index (χ1v) is 5.23. The van der Waals surface area contributed by atoms with Gasteiger partial charge in [0.1, 0.15) is 0 Å². The molecule has 1 amide bonds. The Kier molecular flexibility index (Phi) is 2.57. The first-order valence-electron chi connectivity index (χ1n) is 4.41. The largest absolute Gasteiger partial charge is 0.379 e. The van der Waals surface area contributed by atoms with E-state index in [9.17, 15) is 4.79 Å². The number of aromatic nitrogens is 3. The second kappa shape index (κ2) is 3.89. The van der Waals surface area contributed by atoms with Gasteiger partial charge in [0.25, 0.3) is 5.91 Å². The van der Waals surface area contributed by atoms with Crippen LogP contribution in [0.1, 0.15) is 21.1 Å². The van der Waals surface area contributed by atoms with Crippen LogP contribution in [0, 0.1) is 13.8 Å². The number of nitrogens with two attached hydrogens (primary N) is 1. The molecule has 0 aromatic carbocycles. The van der Waals surface area contributed by atoms with Gasteiger partial charge in [-0.15, -0.1) is 11.3 Å². The van der Waals surface area contributed by atoms with Crippen LogP contribution in [-0.2, 0) is 0 Å². The van der Waals surface area contributed by atoms with E-state index < -0.39 is 5.91 Å². The number of hydrogen-bond acceptors (Lipinski definition) is 7. The van der Waals surface area contributed by atoms with Gasteiger partial charge in [0.05, 0.1) is 5.69 Å². The first kappa shape index (κ1) is 10.6. The average molecular weight is 239 g/mol. The van der Waals surface area contributed by atoms with Crippen molar-refractivity contribution in [1.82, 2.24) is 15.3 Å². The molecule has 0 saturated carbocycles. The molecule has 2 heterocycles. The first-order chi connectivity index (χ1) is 7.58. The molecule has 0 fully saturated rings. The SMILES string of the molecule is Cc1nc(NC(=O)c2nonc2N)sc1C. The van der Waals surface area contributed by atoms with Crippen LogP contribution in [0.25, 0.3) is 0 Å². The van der Waals surface area contributed by atoms with E-state index in [0.29, 0.717) is 5.13 Å². The number of amides is 1. The highest BCUT2D eigenvalue weighted by atomic mass is 32.1. The number of nitrogens with zero attached hydrogens (tertiary/aromatic N) is 3. The fourth-order valence-corrected chi connectivity index (χ4v) is 1.85. The molecule has 2 rings (SSSR count). The van der Waals surface area contributed by atoms with Gasteiger partial charge in [-0.05, 0) is 24.2 Å². The van der Waals surface area contributed by atoms with Crippen molar-refractivity contribution in [1.29, 1.82) is 0 Å². The molecule has 0 aliphatic rings. The van der Waals surface area contributed by atoms with Gasteiger partial charge >= 0.3 is 0 Å². The smallest absolute Gasteiger partial charge is 0.283 e. The lowest BCUT2D eigenvalue weighted by atomic mass is 10.4. The summed E-state index contributed by atoms with van der Waals surface area (Å²) in [4.78, 5) is 16.8. The average Bonchev–Trinajstić information content (AvgIpc) is 2.74. The summed E-state index contributed by atoms with van der Waals surface area (Å²) in [7, 11) is 0. The lowest BCUT2D eigenvalue weighted by Gasteiger charge is -1.96. The summed E-state index contributed by atoms with van der Waals surface area (Å²) in [5, 5.41) is 9.79. The molecule has 2 aromatic rings. The molecule has 8 heteroatoms. The molecule has 0 spiro atoms. The summed E-state index contributed by atoms with van der Waals surface area (Å²) in [5.74, 6) is -0.519. The molecule has 2 aromatic heterocycles. The van der Waals surface area contributed by atoms with Crippen molar-refractivity contribution >= 4 is 28.2 Å². The maximum absolute atomic E-state index is 11.6. The van der Waals surface area contributed by atoms with E-state index in [1.54, 1.807) is 0 Å². The standard InChI is InChI=1S/C8H9N5O2S/c1-3-4(2)16-8(10-3)11-7(14)5-6(9)13-15-12-5/h1-2H3,(H2,9,13)(H,10,11,14). The van der Waals surface area contributed by atoms with Crippen molar-refractivity contribution in [3.05, 3.63) is 16.3 Å². The molecule has 84 valence electrons. The van der Waals surface area contributed by atoms with Gasteiger partial charge in [-0.3, -0.25) is 10.1 Å². The number of hydrogen-bond donors (Lipinski definition) is 2. The molecule has 0 aliphatic carbocycles. The third-order valence-electron chi connectivity index (χ3n) is 1.98. The quantitative estimate of drug-likeness (QED) is 0.808. The van der Waals surface area contributed by atoms with Crippen molar-refractivity contribution < 1.29 is 9.42 Å². The third-order valence-corrected chi connectivity index (χ3v) is 2.97. The number of carbonyl (C=O) groups is 1. The van der Waals surface area contributed by atoms with Gasteiger partial charge in [0, 0.05) is 4.88 Å². The Bertz CT molecular complexity index is 513. The van der Waals surface area contributed by atoms with E-state index in [1.165, 1.54) is 11.3 Å². The van der Waals surface area contributed by atoms with Crippen LogP contribution in [-0.4, -0.2) is 21.2 Å². The van der Waals surface area contributed by atoms with E-state index in [0.717, 1.165) is 10.6 Å². The summed E-state index contributed by atoms with van der Waals surface area (Å²) in [6.07, 6.45) is 0. The molecule has 0 aliphatic heterocycles. The van der Waals surface area contributed by atoms with Crippen molar-refractivity contribution in [2.45, 2.75) is 13.8 Å². The number of aryl methyl sites for hydroxylation is 2. The summed E-state index contributed by atoms with van der Waals surface area (Å²) in [5.41, 5.74) is 6.23. The minimum absolute atomic E-state index is 0.0366. The van der Waals surface area contributed by atoms with Gasteiger partial charge in [-0.1, -0.05) is 0 Å². The van der Waals surface area contributed by atoms with E-state index in [2.05, 4.69) is 25.2 Å². The minimum atomic E-state index is -0.479. The monoisotopic (exact) mass is 239 g/mol. The number of anilines is 2. The Morgan fingerprint density at radius 1 is 1.44 bits per heavy atom. The minimum Gasteiger partial charge on any atom is -0.379 e. The predicted octanol–water partition coefficient (Wildman–Crippen LogP) is 0.977. The number of carbonyl (C=O) groups excluding carboxylic acids is 1. The molecule has 3 N–H and O–H groups in total. The number of rotatable bonds is 2. The summed E-state index contributed by atoms with van der Waals surface area (Å²) in [6.45, 7) is 3.79. The molecule has 0 saturated heterocycles. The molecule has 0 radical (unpaired) electrons. The lowest BCUT2D eigenvalue weighted by Crippen LogP contribution is -2.14. The fourth-order valence-electron chi connectivity index (χ4n) is 1.04. The molecule has 7 nitrogen and oxygen atoms in total. The second-order valence-corrected chi connectivity index (χ2v) is 4.32. The number of nitrogens with one attached hydrogen (secondary N) is 1. The van der Waals surface area contributed by atoms with Gasteiger partial charge in [-0.2, -0.15) is 0 Å². The molecule has 0 unspecified atom stereocenters. The third kappa shape index (κ3) is 1.87. The van der Waals surface area contributed by atoms with Crippen LogP contribution in [0.3, 0.4) is 0 Å². The maximum Gasteiger partial charge on any atom is 0.283 e. The van der Waals surface area contributed by atoms with Crippen molar-refractivity contribution in [3.63, 3.8) is 0 Å². The Morgan fingerprint density at radius 3 is 2.69 bits per heavy atom. The highest BCUT2D eigenvalue weighted by molar-refractivity contribution is 7.15. The Labute approximate surface area is 94.6 Å². The zero-order valence-electron chi connectivity index (χ0n) is 8.64. The van der Waals surface area contributed by atoms with Crippen LogP contribution in [0.15, 0.2) is 4.63 Å². The number of thiazole rings is 1. The van der Waals surface area contributed by atoms with Crippen LogP contribution in [0.4, 0.5) is 10.9 Å². The summed E-state index contributed by atoms with van der Waals surface area (Å²) >= 11 is 1.38. The fraction of sp³-hybridized carbons (Fsp3) is 0.250. The molecule has 0 bridgehead atoms. The van der Waals surface area contributed by atoms with Crippen molar-refractivity contribution in [3.8, 4) is 0 Å². The van der Waals surface area contributed by atoms with Gasteiger partial charge in [0.2, 0.25) is 11.5 Å². The second-order valence-electron chi connectivity index (χ2n) is 3.11. The normalized spacial score (nSPS) is 10.4. The molecule has 0 atom stereocenters. The van der Waals surface area contributed by atoms with Crippen LogP contribution in [0.5, 0.6) is 0 Å². The van der Waals surface area contributed by atoms with Crippen molar-refractivity contribution in [2.24, 2.45) is 0 Å². The number of nitrogen functional groups attached to an aromatic ring is 1. The molecular formula is C8H9N5O2S. The van der Waals surface area contributed by atoms with E-state index in [1.807, 2.05) is 13.8 Å². The summed E-state index contributed by atoms with van der Waals surface area (Å²) in [6, 6.07) is 0. The van der Waals surface area contributed by atoms with Gasteiger partial charge in [-0.25, -0.2) is 9.61 Å². The van der Waals surface area contributed by atoms with Gasteiger partial charge in [0.15, 0.2) is 5.13 Å². The summed E-state index contributed by atoms with van der Waals surface area (Å²) < 4.78 is 4.33. The zero-order valence-corrected chi connectivity index (χ0v) is 9.46.